The minimum Gasteiger partial charge on any atom is -0.494 e. The topological polar surface area (TPSA) is 79.6 Å². The molecule has 2 N–H and O–H groups in total. The van der Waals surface area contributed by atoms with E-state index in [4.69, 9.17) is 21.4 Å². The zero-order valence-corrected chi connectivity index (χ0v) is 23.0. The van der Waals surface area contributed by atoms with E-state index in [1.54, 1.807) is 44.5 Å². The summed E-state index contributed by atoms with van der Waals surface area (Å²) < 4.78 is 27.2. The molecule has 1 aliphatic rings. The lowest BCUT2D eigenvalue weighted by molar-refractivity contribution is -0.115. The fraction of sp³-hybridized carbons (Fsp3) is 0.179. The van der Waals surface area contributed by atoms with E-state index in [-0.39, 0.29) is 11.9 Å². The number of pyridine rings is 1. The van der Waals surface area contributed by atoms with Crippen molar-refractivity contribution in [1.82, 2.24) is 10.3 Å². The van der Waals surface area contributed by atoms with Crippen LogP contribution in [0, 0.1) is 5.82 Å². The molecule has 7 nitrogen and oxygen atoms in total. The molecule has 0 radical (unpaired) electrons. The molecule has 1 saturated heterocycles. The van der Waals surface area contributed by atoms with Gasteiger partial charge in [-0.15, -0.1) is 0 Å². The van der Waals surface area contributed by atoms with E-state index < -0.39 is 11.9 Å². The van der Waals surface area contributed by atoms with E-state index in [1.807, 2.05) is 41.3 Å². The van der Waals surface area contributed by atoms with Crippen molar-refractivity contribution in [2.45, 2.75) is 25.4 Å². The van der Waals surface area contributed by atoms with Gasteiger partial charge >= 0.3 is 0 Å². The quantitative estimate of drug-likeness (QED) is 0.228. The first-order chi connectivity index (χ1) is 18.4. The van der Waals surface area contributed by atoms with Crippen LogP contribution in [0.15, 0.2) is 81.8 Å². The largest absolute Gasteiger partial charge is 0.494 e. The molecule has 5 rings (SSSR count). The van der Waals surface area contributed by atoms with Crippen LogP contribution in [0.1, 0.15) is 36.9 Å². The van der Waals surface area contributed by atoms with Gasteiger partial charge in [-0.25, -0.2) is 4.39 Å². The smallest absolute Gasteiger partial charge is 0.224 e. The SMILES string of the molecule is CCC(=O)Nc1ccc(N2C(=S)N[C@H](c3ccccn3)[C@H]2c2ccc(-c3ccc(Br)cc3F)o2)cc1OC. The first-order valence-electron chi connectivity index (χ1n) is 11.9. The number of carbonyl (C=O) groups is 1. The molecule has 2 aromatic heterocycles. The molecular formula is C28H24BrFN4O3S. The van der Waals surface area contributed by atoms with E-state index in [0.29, 0.717) is 44.5 Å². The summed E-state index contributed by atoms with van der Waals surface area (Å²) in [6.07, 6.45) is 2.07. The van der Waals surface area contributed by atoms with E-state index in [2.05, 4.69) is 31.5 Å². The van der Waals surface area contributed by atoms with Gasteiger partial charge in [0.15, 0.2) is 5.11 Å². The van der Waals surface area contributed by atoms with Crippen LogP contribution < -0.4 is 20.3 Å². The van der Waals surface area contributed by atoms with Crippen molar-refractivity contribution in [2.24, 2.45) is 0 Å². The van der Waals surface area contributed by atoms with Crippen LogP contribution in [0.3, 0.4) is 0 Å². The lowest BCUT2D eigenvalue weighted by Crippen LogP contribution is -2.29. The van der Waals surface area contributed by atoms with E-state index in [0.717, 1.165) is 11.4 Å². The third-order valence-electron chi connectivity index (χ3n) is 6.27. The highest BCUT2D eigenvalue weighted by Crippen LogP contribution is 2.44. The normalized spacial score (nSPS) is 16.8. The molecule has 194 valence electrons. The Bertz CT molecular complexity index is 1500. The molecule has 2 aromatic carbocycles. The molecule has 2 atom stereocenters. The highest BCUT2D eigenvalue weighted by Gasteiger charge is 2.43. The molecule has 0 unspecified atom stereocenters. The number of hydrogen-bond donors (Lipinski definition) is 2. The number of nitrogens with one attached hydrogen (secondary N) is 2. The number of hydrogen-bond acceptors (Lipinski definition) is 5. The maximum atomic E-state index is 14.7. The van der Waals surface area contributed by atoms with Crippen molar-refractivity contribution < 1.29 is 18.3 Å². The van der Waals surface area contributed by atoms with Gasteiger partial charge in [-0.05, 0) is 66.8 Å². The van der Waals surface area contributed by atoms with Crippen molar-refractivity contribution >= 4 is 50.5 Å². The minimum absolute atomic E-state index is 0.120. The van der Waals surface area contributed by atoms with Crippen LogP contribution in [-0.4, -0.2) is 23.1 Å². The van der Waals surface area contributed by atoms with Crippen LogP contribution >= 0.6 is 28.1 Å². The minimum atomic E-state index is -0.439. The lowest BCUT2D eigenvalue weighted by Gasteiger charge is -2.27. The zero-order chi connectivity index (χ0) is 26.8. The highest BCUT2D eigenvalue weighted by atomic mass is 79.9. The van der Waals surface area contributed by atoms with Gasteiger partial charge in [0.2, 0.25) is 5.91 Å². The van der Waals surface area contributed by atoms with Crippen LogP contribution in [-0.2, 0) is 4.79 Å². The van der Waals surface area contributed by atoms with E-state index in [1.165, 1.54) is 6.07 Å². The Morgan fingerprint density at radius 1 is 1.21 bits per heavy atom. The lowest BCUT2D eigenvalue weighted by atomic mass is 10.0. The summed E-state index contributed by atoms with van der Waals surface area (Å²) in [5, 5.41) is 6.69. The molecule has 4 aromatic rings. The number of furan rings is 1. The maximum Gasteiger partial charge on any atom is 0.224 e. The van der Waals surface area contributed by atoms with E-state index in [9.17, 15) is 9.18 Å². The summed E-state index contributed by atoms with van der Waals surface area (Å²) >= 11 is 9.08. The van der Waals surface area contributed by atoms with Crippen molar-refractivity contribution in [3.05, 3.63) is 94.7 Å². The fourth-order valence-corrected chi connectivity index (χ4v) is 5.12. The third-order valence-corrected chi connectivity index (χ3v) is 7.08. The highest BCUT2D eigenvalue weighted by molar-refractivity contribution is 9.10. The number of anilines is 2. The summed E-state index contributed by atoms with van der Waals surface area (Å²) in [6.45, 7) is 1.78. The van der Waals surface area contributed by atoms with Crippen LogP contribution in [0.5, 0.6) is 5.75 Å². The van der Waals surface area contributed by atoms with Gasteiger partial charge in [0.25, 0.3) is 0 Å². The van der Waals surface area contributed by atoms with Gasteiger partial charge in [-0.1, -0.05) is 28.9 Å². The Morgan fingerprint density at radius 2 is 2.05 bits per heavy atom. The Morgan fingerprint density at radius 3 is 2.76 bits per heavy atom. The molecular weight excluding hydrogens is 571 g/mol. The van der Waals surface area contributed by atoms with Crippen molar-refractivity contribution in [2.75, 3.05) is 17.3 Å². The van der Waals surface area contributed by atoms with Crippen LogP contribution in [0.4, 0.5) is 15.8 Å². The molecule has 0 bridgehead atoms. The number of ether oxygens (including phenoxy) is 1. The summed E-state index contributed by atoms with van der Waals surface area (Å²) in [5.74, 6) is 0.952. The second kappa shape index (κ2) is 10.9. The average molecular weight is 595 g/mol. The average Bonchev–Trinajstić information content (AvgIpc) is 3.54. The number of halogens is 2. The number of aromatic nitrogens is 1. The number of carbonyl (C=O) groups excluding carboxylic acids is 1. The fourth-order valence-electron chi connectivity index (χ4n) is 4.44. The summed E-state index contributed by atoms with van der Waals surface area (Å²) in [6, 6.07) is 18.7. The molecule has 0 saturated carbocycles. The second-order valence-corrected chi connectivity index (χ2v) is 9.91. The van der Waals surface area contributed by atoms with Gasteiger partial charge in [0.05, 0.1) is 30.1 Å². The molecule has 10 heteroatoms. The van der Waals surface area contributed by atoms with Gasteiger partial charge < -0.3 is 24.7 Å². The molecule has 1 aliphatic heterocycles. The summed E-state index contributed by atoms with van der Waals surface area (Å²) in [7, 11) is 1.54. The number of methoxy groups -OCH3 is 1. The first-order valence-corrected chi connectivity index (χ1v) is 13.1. The van der Waals surface area contributed by atoms with Crippen LogP contribution in [0.25, 0.3) is 11.3 Å². The first kappa shape index (κ1) is 25.9. The maximum absolute atomic E-state index is 14.7. The van der Waals surface area contributed by atoms with E-state index >= 15 is 0 Å². The monoisotopic (exact) mass is 594 g/mol. The van der Waals surface area contributed by atoms with Crippen molar-refractivity contribution in [3.63, 3.8) is 0 Å². The number of rotatable bonds is 7. The number of nitrogens with zero attached hydrogens (tertiary/aromatic N) is 2. The summed E-state index contributed by atoms with van der Waals surface area (Å²) in [5.41, 5.74) is 2.41. The standard InChI is InChI=1S/C28H24BrFN4O3S/c1-3-25(35)32-20-10-8-17(15-24(20)36-2)34-27(26(33-28(34)38)21-6-4-5-13-31-21)23-12-11-22(37-23)18-9-7-16(29)14-19(18)30/h4-15,26-27H,3H2,1-2H3,(H,32,35)(H,33,38)/t26-,27-/m1/s1. The predicted molar refractivity (Wildman–Crippen MR) is 152 cm³/mol. The number of thiocarbonyl (C=S) groups is 1. The van der Waals surface area contributed by atoms with Crippen molar-refractivity contribution in [3.8, 4) is 17.1 Å². The number of amides is 1. The molecule has 3 heterocycles. The van der Waals surface area contributed by atoms with Gasteiger partial charge in [-0.3, -0.25) is 9.78 Å². The Labute approximate surface area is 233 Å². The molecule has 0 aliphatic carbocycles. The molecule has 1 amide bonds. The zero-order valence-electron chi connectivity index (χ0n) is 20.6. The molecule has 1 fully saturated rings. The van der Waals surface area contributed by atoms with Gasteiger partial charge in [0.1, 0.15) is 29.1 Å². The van der Waals surface area contributed by atoms with Gasteiger partial charge in [0, 0.05) is 28.8 Å². The predicted octanol–water partition coefficient (Wildman–Crippen LogP) is 6.78. The Balaban J connectivity index is 1.58. The van der Waals surface area contributed by atoms with Crippen molar-refractivity contribution in [1.29, 1.82) is 0 Å². The Hall–Kier alpha value is -3.76. The van der Waals surface area contributed by atoms with Crippen LogP contribution in [0.2, 0.25) is 0 Å². The molecule has 0 spiro atoms. The molecule has 38 heavy (non-hydrogen) atoms. The third kappa shape index (κ3) is 5.01. The summed E-state index contributed by atoms with van der Waals surface area (Å²) in [4.78, 5) is 18.5. The number of benzene rings is 2. The Kier molecular flexibility index (Phi) is 7.44. The van der Waals surface area contributed by atoms with Gasteiger partial charge in [-0.2, -0.15) is 0 Å². The second-order valence-electron chi connectivity index (χ2n) is 8.61.